The maximum Gasteiger partial charge on any atom is 0.305 e. The fourth-order valence-corrected chi connectivity index (χ4v) is 5.02. The average Bonchev–Trinajstić information content (AvgIpc) is 3.17. The van der Waals surface area contributed by atoms with E-state index in [2.05, 4.69) is 10.9 Å². The lowest BCUT2D eigenvalue weighted by Crippen LogP contribution is -2.42. The first-order valence-electron chi connectivity index (χ1n) is 8.77. The summed E-state index contributed by atoms with van der Waals surface area (Å²) in [5, 5.41) is 0.776. The molecule has 8 nitrogen and oxygen atoms in total. The van der Waals surface area contributed by atoms with Crippen LogP contribution in [0.15, 0.2) is 28.7 Å². The van der Waals surface area contributed by atoms with E-state index in [1.807, 2.05) is 19.1 Å². The molecule has 9 heteroatoms. The molecule has 2 aromatic rings. The molecule has 1 aromatic heterocycles. The number of sulfone groups is 1. The molecule has 0 unspecified atom stereocenters. The number of furan rings is 1. The van der Waals surface area contributed by atoms with Crippen LogP contribution in [0, 0.1) is 5.92 Å². The average molecular weight is 394 g/mol. The van der Waals surface area contributed by atoms with Crippen LogP contribution in [0.2, 0.25) is 0 Å². The third-order valence-electron chi connectivity index (χ3n) is 4.47. The van der Waals surface area contributed by atoms with Crippen molar-refractivity contribution in [2.45, 2.75) is 26.4 Å². The number of carbonyl (C=O) groups is 2. The standard InChI is InChI=1S/C18H22N2O6S/c1-2-25-10-14-13-5-3-4-6-15(13)26-17(14)18(22)20-19-16(21)9-12-7-8-27(23,24)11-12/h3-6,12H,2,7-11H2,1H3,(H,19,21)(H,20,22)/t12-/m1/s1. The van der Waals surface area contributed by atoms with Crippen LogP contribution in [-0.4, -0.2) is 38.3 Å². The summed E-state index contributed by atoms with van der Waals surface area (Å²) in [6, 6.07) is 7.23. The van der Waals surface area contributed by atoms with Gasteiger partial charge in [0.15, 0.2) is 15.6 Å². The van der Waals surface area contributed by atoms with Gasteiger partial charge in [-0.05, 0) is 25.3 Å². The van der Waals surface area contributed by atoms with Crippen molar-refractivity contribution in [1.29, 1.82) is 0 Å². The van der Waals surface area contributed by atoms with E-state index in [0.717, 1.165) is 5.39 Å². The largest absolute Gasteiger partial charge is 0.450 e. The number of hydrogen-bond donors (Lipinski definition) is 2. The molecule has 1 fully saturated rings. The van der Waals surface area contributed by atoms with Crippen LogP contribution in [0.5, 0.6) is 0 Å². The lowest BCUT2D eigenvalue weighted by atomic mass is 10.1. The fraction of sp³-hybridized carbons (Fsp3) is 0.444. The number of hydrazine groups is 1. The lowest BCUT2D eigenvalue weighted by molar-refractivity contribution is -0.122. The molecule has 1 aliphatic rings. The molecule has 146 valence electrons. The fourth-order valence-electron chi connectivity index (χ4n) is 3.16. The monoisotopic (exact) mass is 394 g/mol. The highest BCUT2D eigenvalue weighted by Crippen LogP contribution is 2.26. The van der Waals surface area contributed by atoms with Gasteiger partial charge in [0.25, 0.3) is 0 Å². The van der Waals surface area contributed by atoms with Crippen molar-refractivity contribution in [3.63, 3.8) is 0 Å². The molecule has 1 aliphatic heterocycles. The molecule has 0 spiro atoms. The van der Waals surface area contributed by atoms with Gasteiger partial charge in [-0.25, -0.2) is 8.42 Å². The van der Waals surface area contributed by atoms with Crippen molar-refractivity contribution in [2.75, 3.05) is 18.1 Å². The number of benzene rings is 1. The summed E-state index contributed by atoms with van der Waals surface area (Å²) in [6.07, 6.45) is 0.511. The van der Waals surface area contributed by atoms with Gasteiger partial charge in [-0.15, -0.1) is 0 Å². The number of amides is 2. The minimum absolute atomic E-state index is 0.0104. The van der Waals surface area contributed by atoms with E-state index < -0.39 is 21.7 Å². The molecule has 2 heterocycles. The number of carbonyl (C=O) groups excluding carboxylic acids is 2. The van der Waals surface area contributed by atoms with Gasteiger partial charge < -0.3 is 9.15 Å². The van der Waals surface area contributed by atoms with Crippen LogP contribution >= 0.6 is 0 Å². The minimum Gasteiger partial charge on any atom is -0.450 e. The Hall–Kier alpha value is -2.39. The Morgan fingerprint density at radius 2 is 2.04 bits per heavy atom. The lowest BCUT2D eigenvalue weighted by Gasteiger charge is -2.10. The predicted octanol–water partition coefficient (Wildman–Crippen LogP) is 1.56. The second-order valence-electron chi connectivity index (χ2n) is 6.52. The first kappa shape index (κ1) is 19.4. The van der Waals surface area contributed by atoms with Gasteiger partial charge in [-0.1, -0.05) is 18.2 Å². The van der Waals surface area contributed by atoms with Gasteiger partial charge >= 0.3 is 5.91 Å². The minimum atomic E-state index is -3.04. The molecular weight excluding hydrogens is 372 g/mol. The van der Waals surface area contributed by atoms with Crippen LogP contribution < -0.4 is 10.9 Å². The van der Waals surface area contributed by atoms with Gasteiger partial charge in [0.1, 0.15) is 5.58 Å². The van der Waals surface area contributed by atoms with Gasteiger partial charge in [0, 0.05) is 24.0 Å². The van der Waals surface area contributed by atoms with Crippen molar-refractivity contribution in [3.8, 4) is 0 Å². The quantitative estimate of drug-likeness (QED) is 0.719. The van der Waals surface area contributed by atoms with Crippen LogP contribution in [0.4, 0.5) is 0 Å². The number of ether oxygens (including phenoxy) is 1. The zero-order chi connectivity index (χ0) is 19.4. The molecule has 0 bridgehead atoms. The summed E-state index contributed by atoms with van der Waals surface area (Å²) < 4.78 is 34.0. The summed E-state index contributed by atoms with van der Waals surface area (Å²) in [6.45, 7) is 2.55. The van der Waals surface area contributed by atoms with Crippen LogP contribution in [0.3, 0.4) is 0 Å². The SMILES string of the molecule is CCOCc1c(C(=O)NNC(=O)C[C@H]2CCS(=O)(=O)C2)oc2ccccc12. The number of para-hydroxylation sites is 1. The Kier molecular flexibility index (Phi) is 5.81. The molecule has 3 rings (SSSR count). The van der Waals surface area contributed by atoms with E-state index in [4.69, 9.17) is 9.15 Å². The van der Waals surface area contributed by atoms with Crippen molar-refractivity contribution >= 4 is 32.6 Å². The molecule has 2 amide bonds. The van der Waals surface area contributed by atoms with Crippen molar-refractivity contribution in [2.24, 2.45) is 5.92 Å². The first-order valence-corrected chi connectivity index (χ1v) is 10.6. The predicted molar refractivity (Wildman–Crippen MR) is 98.5 cm³/mol. The maximum atomic E-state index is 12.5. The molecule has 1 aromatic carbocycles. The second kappa shape index (κ2) is 8.10. The van der Waals surface area contributed by atoms with E-state index in [1.54, 1.807) is 12.1 Å². The second-order valence-corrected chi connectivity index (χ2v) is 8.75. The summed E-state index contributed by atoms with van der Waals surface area (Å²) in [5.74, 6) is -1.05. The molecular formula is C18H22N2O6S. The van der Waals surface area contributed by atoms with E-state index in [9.17, 15) is 18.0 Å². The maximum absolute atomic E-state index is 12.5. The smallest absolute Gasteiger partial charge is 0.305 e. The van der Waals surface area contributed by atoms with E-state index in [1.165, 1.54) is 0 Å². The number of hydrogen-bond acceptors (Lipinski definition) is 6. The molecule has 0 radical (unpaired) electrons. The van der Waals surface area contributed by atoms with Gasteiger partial charge in [0.05, 0.1) is 18.1 Å². The molecule has 1 saturated heterocycles. The zero-order valence-corrected chi connectivity index (χ0v) is 15.8. The van der Waals surface area contributed by atoms with Crippen molar-refractivity contribution < 1.29 is 27.2 Å². The molecule has 2 N–H and O–H groups in total. The summed E-state index contributed by atoms with van der Waals surface area (Å²) >= 11 is 0. The molecule has 0 saturated carbocycles. The van der Waals surface area contributed by atoms with E-state index >= 15 is 0 Å². The Bertz CT molecular complexity index is 950. The topological polar surface area (TPSA) is 115 Å². The van der Waals surface area contributed by atoms with Crippen molar-refractivity contribution in [3.05, 3.63) is 35.6 Å². The van der Waals surface area contributed by atoms with Gasteiger partial charge in [0.2, 0.25) is 5.91 Å². The highest BCUT2D eigenvalue weighted by atomic mass is 32.2. The van der Waals surface area contributed by atoms with Crippen LogP contribution in [-0.2, 0) is 26.0 Å². The number of rotatable bonds is 6. The van der Waals surface area contributed by atoms with Gasteiger partial charge in [-0.3, -0.25) is 20.4 Å². The highest BCUT2D eigenvalue weighted by Gasteiger charge is 2.29. The first-order chi connectivity index (χ1) is 12.9. The third-order valence-corrected chi connectivity index (χ3v) is 6.31. The number of fused-ring (bicyclic) bond motifs is 1. The molecule has 27 heavy (non-hydrogen) atoms. The zero-order valence-electron chi connectivity index (χ0n) is 15.0. The van der Waals surface area contributed by atoms with Crippen LogP contribution in [0.25, 0.3) is 11.0 Å². The Morgan fingerprint density at radius 3 is 2.74 bits per heavy atom. The Morgan fingerprint density at radius 1 is 1.26 bits per heavy atom. The summed E-state index contributed by atoms with van der Waals surface area (Å²) in [4.78, 5) is 24.5. The van der Waals surface area contributed by atoms with E-state index in [-0.39, 0.29) is 36.2 Å². The van der Waals surface area contributed by atoms with Gasteiger partial charge in [-0.2, -0.15) is 0 Å². The highest BCUT2D eigenvalue weighted by molar-refractivity contribution is 7.91. The third kappa shape index (κ3) is 4.67. The Labute approximate surface area is 157 Å². The molecule has 1 atom stereocenters. The number of nitrogens with one attached hydrogen (secondary N) is 2. The Balaban J connectivity index is 1.64. The van der Waals surface area contributed by atoms with Crippen molar-refractivity contribution in [1.82, 2.24) is 10.9 Å². The summed E-state index contributed by atoms with van der Waals surface area (Å²) in [7, 11) is -3.04. The summed E-state index contributed by atoms with van der Waals surface area (Å²) in [5.41, 5.74) is 5.83. The van der Waals surface area contributed by atoms with E-state index in [0.29, 0.717) is 24.2 Å². The van der Waals surface area contributed by atoms with Crippen LogP contribution in [0.1, 0.15) is 35.9 Å². The normalized spacial score (nSPS) is 18.5. The molecule has 0 aliphatic carbocycles.